The third-order valence-electron chi connectivity index (χ3n) is 5.29. The van der Waals surface area contributed by atoms with Crippen LogP contribution in [0.5, 0.6) is 0 Å². The highest BCUT2D eigenvalue weighted by Crippen LogP contribution is 2.73. The summed E-state index contributed by atoms with van der Waals surface area (Å²) in [6.45, 7) is 4.49. The minimum atomic E-state index is -0.775. The van der Waals surface area contributed by atoms with Crippen LogP contribution in [0, 0.1) is 17.3 Å². The zero-order valence-electron chi connectivity index (χ0n) is 10.9. The van der Waals surface area contributed by atoms with Crippen LogP contribution in [0.3, 0.4) is 0 Å². The summed E-state index contributed by atoms with van der Waals surface area (Å²) in [7, 11) is 1.45. The maximum Gasteiger partial charge on any atom is 0.336 e. The second-order valence-corrected chi connectivity index (χ2v) is 5.78. The highest BCUT2D eigenvalue weighted by atomic mass is 16.5. The Morgan fingerprint density at radius 1 is 1.44 bits per heavy atom. The average Bonchev–Trinajstić information content (AvgIpc) is 2.89. The molecule has 2 fully saturated rings. The molecule has 4 atom stereocenters. The van der Waals surface area contributed by atoms with E-state index in [1.807, 2.05) is 0 Å². The largest absolute Gasteiger partial charge is 0.467 e. The van der Waals surface area contributed by atoms with Crippen molar-refractivity contribution in [3.05, 3.63) is 12.7 Å². The van der Waals surface area contributed by atoms with Gasteiger partial charge in [-0.1, -0.05) is 18.9 Å². The Morgan fingerprint density at radius 2 is 2.11 bits per heavy atom. The summed E-state index contributed by atoms with van der Waals surface area (Å²) in [4.78, 5) is 12.3. The standard InChI is InChI=1S/C14H20N2O2/c1-3-8-14(12(17)18-2)13(9-15-16-14)10-6-4-5-7-11(10)13/h3,10-11H,1,4-9H2,2H3/t10-,11+,13?,14?. The smallest absolute Gasteiger partial charge is 0.336 e. The fraction of sp³-hybridized carbons (Fsp3) is 0.786. The number of hydrogen-bond acceptors (Lipinski definition) is 4. The van der Waals surface area contributed by atoms with Crippen molar-refractivity contribution in [1.82, 2.24) is 0 Å². The molecule has 2 saturated carbocycles. The van der Waals surface area contributed by atoms with E-state index in [1.165, 1.54) is 32.8 Å². The monoisotopic (exact) mass is 248 g/mol. The lowest BCUT2D eigenvalue weighted by atomic mass is 9.76. The van der Waals surface area contributed by atoms with Gasteiger partial charge in [0.2, 0.25) is 0 Å². The van der Waals surface area contributed by atoms with E-state index in [-0.39, 0.29) is 11.4 Å². The molecule has 3 aliphatic rings. The number of methoxy groups -OCH3 is 1. The second kappa shape index (κ2) is 3.90. The summed E-state index contributed by atoms with van der Waals surface area (Å²) < 4.78 is 5.03. The molecule has 1 spiro atoms. The van der Waals surface area contributed by atoms with Gasteiger partial charge in [-0.2, -0.15) is 10.2 Å². The van der Waals surface area contributed by atoms with Gasteiger partial charge in [0.25, 0.3) is 0 Å². The van der Waals surface area contributed by atoms with Gasteiger partial charge in [0.15, 0.2) is 5.54 Å². The Bertz CT molecular complexity index is 406. The molecular formula is C14H20N2O2. The quantitative estimate of drug-likeness (QED) is 0.569. The van der Waals surface area contributed by atoms with E-state index >= 15 is 0 Å². The Morgan fingerprint density at radius 3 is 2.67 bits per heavy atom. The second-order valence-electron chi connectivity index (χ2n) is 5.78. The molecule has 1 aliphatic heterocycles. The molecule has 18 heavy (non-hydrogen) atoms. The Kier molecular flexibility index (Phi) is 2.57. The zero-order valence-corrected chi connectivity index (χ0v) is 10.9. The minimum Gasteiger partial charge on any atom is -0.467 e. The van der Waals surface area contributed by atoms with Crippen LogP contribution in [-0.4, -0.2) is 25.2 Å². The van der Waals surface area contributed by atoms with E-state index in [1.54, 1.807) is 6.08 Å². The summed E-state index contributed by atoms with van der Waals surface area (Å²) >= 11 is 0. The fourth-order valence-corrected chi connectivity index (χ4v) is 4.52. The molecular weight excluding hydrogens is 228 g/mol. The molecule has 0 amide bonds. The molecule has 0 saturated heterocycles. The SMILES string of the molecule is C=CCC1(C(=O)OC)N=NCC12[C@@H]1CCCC[C@@H]12. The number of carbonyl (C=O) groups is 1. The molecule has 0 radical (unpaired) electrons. The first-order chi connectivity index (χ1) is 8.73. The first-order valence-corrected chi connectivity index (χ1v) is 6.81. The third kappa shape index (κ3) is 1.19. The number of azo groups is 1. The molecule has 98 valence electrons. The van der Waals surface area contributed by atoms with Crippen molar-refractivity contribution in [2.75, 3.05) is 13.7 Å². The van der Waals surface area contributed by atoms with Crippen molar-refractivity contribution in [3.8, 4) is 0 Å². The molecule has 2 unspecified atom stereocenters. The third-order valence-corrected chi connectivity index (χ3v) is 5.29. The van der Waals surface area contributed by atoms with Crippen LogP contribution in [0.4, 0.5) is 0 Å². The van der Waals surface area contributed by atoms with Crippen molar-refractivity contribution in [2.45, 2.75) is 37.6 Å². The molecule has 0 bridgehead atoms. The number of esters is 1. The van der Waals surface area contributed by atoms with Gasteiger partial charge in [-0.15, -0.1) is 6.58 Å². The first kappa shape index (κ1) is 11.9. The van der Waals surface area contributed by atoms with Gasteiger partial charge in [-0.05, 0) is 24.7 Å². The van der Waals surface area contributed by atoms with E-state index in [0.29, 0.717) is 24.8 Å². The number of carbonyl (C=O) groups excluding carboxylic acids is 1. The molecule has 0 aromatic heterocycles. The summed E-state index contributed by atoms with van der Waals surface area (Å²) in [6, 6.07) is 0. The van der Waals surface area contributed by atoms with E-state index in [4.69, 9.17) is 4.74 Å². The van der Waals surface area contributed by atoms with Gasteiger partial charge in [0.1, 0.15) is 0 Å². The van der Waals surface area contributed by atoms with Crippen LogP contribution in [0.1, 0.15) is 32.1 Å². The fourth-order valence-electron chi connectivity index (χ4n) is 4.52. The topological polar surface area (TPSA) is 51.0 Å². The molecule has 2 aliphatic carbocycles. The van der Waals surface area contributed by atoms with Gasteiger partial charge in [0, 0.05) is 11.8 Å². The number of ether oxygens (including phenoxy) is 1. The van der Waals surface area contributed by atoms with Crippen molar-refractivity contribution >= 4 is 5.97 Å². The summed E-state index contributed by atoms with van der Waals surface area (Å²) in [5.74, 6) is 0.999. The van der Waals surface area contributed by atoms with Crippen LogP contribution in [-0.2, 0) is 9.53 Å². The molecule has 0 aromatic rings. The van der Waals surface area contributed by atoms with Gasteiger partial charge in [-0.25, -0.2) is 4.79 Å². The number of fused-ring (bicyclic) bond motifs is 3. The van der Waals surface area contributed by atoms with E-state index in [0.717, 1.165) is 0 Å². The predicted octanol–water partition coefficient (Wildman–Crippen LogP) is 2.75. The zero-order chi connectivity index (χ0) is 12.8. The normalized spacial score (nSPS) is 44.7. The lowest BCUT2D eigenvalue weighted by Crippen LogP contribution is -2.46. The van der Waals surface area contributed by atoms with Gasteiger partial charge in [0.05, 0.1) is 13.7 Å². The van der Waals surface area contributed by atoms with Crippen molar-refractivity contribution in [1.29, 1.82) is 0 Å². The van der Waals surface area contributed by atoms with Crippen molar-refractivity contribution in [2.24, 2.45) is 27.5 Å². The highest BCUT2D eigenvalue weighted by molar-refractivity contribution is 5.84. The van der Waals surface area contributed by atoms with Gasteiger partial charge >= 0.3 is 5.97 Å². The lowest BCUT2D eigenvalue weighted by molar-refractivity contribution is -0.149. The Balaban J connectivity index is 1.99. The predicted molar refractivity (Wildman–Crippen MR) is 67.2 cm³/mol. The number of rotatable bonds is 3. The Hall–Kier alpha value is -1.19. The summed E-state index contributed by atoms with van der Waals surface area (Å²) in [5, 5.41) is 8.59. The van der Waals surface area contributed by atoms with Crippen LogP contribution < -0.4 is 0 Å². The Labute approximate surface area is 107 Å². The summed E-state index contributed by atoms with van der Waals surface area (Å²) in [5.41, 5.74) is -0.825. The average molecular weight is 248 g/mol. The van der Waals surface area contributed by atoms with Gasteiger partial charge < -0.3 is 4.74 Å². The molecule has 3 rings (SSSR count). The highest BCUT2D eigenvalue weighted by Gasteiger charge is 2.78. The minimum absolute atomic E-state index is 0.0508. The molecule has 1 heterocycles. The van der Waals surface area contributed by atoms with Crippen LogP contribution in [0.15, 0.2) is 22.9 Å². The molecule has 0 N–H and O–H groups in total. The molecule has 0 aromatic carbocycles. The first-order valence-electron chi connectivity index (χ1n) is 6.81. The van der Waals surface area contributed by atoms with Crippen molar-refractivity contribution < 1.29 is 9.53 Å². The van der Waals surface area contributed by atoms with Crippen LogP contribution in [0.25, 0.3) is 0 Å². The van der Waals surface area contributed by atoms with Gasteiger partial charge in [-0.3, -0.25) is 0 Å². The maximum atomic E-state index is 12.3. The number of hydrogen-bond donors (Lipinski definition) is 0. The molecule has 4 heteroatoms. The number of nitrogens with zero attached hydrogens (tertiary/aromatic N) is 2. The lowest BCUT2D eigenvalue weighted by Gasteiger charge is -2.29. The maximum absolute atomic E-state index is 12.3. The van der Waals surface area contributed by atoms with Crippen molar-refractivity contribution in [3.63, 3.8) is 0 Å². The van der Waals surface area contributed by atoms with E-state index < -0.39 is 5.54 Å². The molecule has 4 nitrogen and oxygen atoms in total. The van der Waals surface area contributed by atoms with E-state index in [2.05, 4.69) is 16.8 Å². The summed E-state index contributed by atoms with van der Waals surface area (Å²) in [6.07, 6.45) is 7.31. The van der Waals surface area contributed by atoms with Crippen LogP contribution >= 0.6 is 0 Å². The van der Waals surface area contributed by atoms with E-state index in [9.17, 15) is 4.79 Å². The van der Waals surface area contributed by atoms with Crippen LogP contribution in [0.2, 0.25) is 0 Å².